The maximum Gasteiger partial charge on any atom is 0.0582 e. The van der Waals surface area contributed by atoms with Gasteiger partial charge in [-0.15, -0.1) is 0 Å². The lowest BCUT2D eigenvalue weighted by Crippen LogP contribution is -2.16. The van der Waals surface area contributed by atoms with Crippen LogP contribution in [-0.2, 0) is 0 Å². The summed E-state index contributed by atoms with van der Waals surface area (Å²) < 4.78 is 0. The lowest BCUT2D eigenvalue weighted by molar-refractivity contribution is 0.854. The Hall–Kier alpha value is -1.44. The van der Waals surface area contributed by atoms with E-state index in [2.05, 4.69) is 44.3 Å². The molecular formula is C13H20N2. The predicted molar refractivity (Wildman–Crippen MR) is 66.4 cm³/mol. The minimum Gasteiger partial charge on any atom is -0.397 e. The molecule has 0 bridgehead atoms. The third-order valence-corrected chi connectivity index (χ3v) is 2.60. The molecule has 0 aromatic heterocycles. The van der Waals surface area contributed by atoms with E-state index >= 15 is 0 Å². The van der Waals surface area contributed by atoms with Crippen LogP contribution in [0, 0.1) is 13.8 Å². The average molecular weight is 204 g/mol. The van der Waals surface area contributed by atoms with Gasteiger partial charge in [0.15, 0.2) is 0 Å². The van der Waals surface area contributed by atoms with Crippen molar-refractivity contribution in [1.82, 2.24) is 5.32 Å². The van der Waals surface area contributed by atoms with Gasteiger partial charge in [-0.1, -0.05) is 18.2 Å². The molecule has 15 heavy (non-hydrogen) atoms. The molecule has 0 aliphatic rings. The molecule has 0 fully saturated rings. The molecule has 0 spiro atoms. The van der Waals surface area contributed by atoms with Gasteiger partial charge < -0.3 is 11.1 Å². The molecule has 3 N–H and O–H groups in total. The Kier molecular flexibility index (Phi) is 3.78. The zero-order chi connectivity index (χ0) is 11.4. The number of nitrogens with two attached hydrogens (primary N) is 1. The number of hydrogen-bond acceptors (Lipinski definition) is 2. The topological polar surface area (TPSA) is 38.0 Å². The number of aryl methyl sites for hydroxylation is 2. The van der Waals surface area contributed by atoms with E-state index in [0.717, 1.165) is 23.5 Å². The summed E-state index contributed by atoms with van der Waals surface area (Å²) in [5.41, 5.74) is 11.7. The highest BCUT2D eigenvalue weighted by Crippen LogP contribution is 2.20. The summed E-state index contributed by atoms with van der Waals surface area (Å²) in [6.07, 6.45) is 0. The fraction of sp³-hybridized carbons (Fsp3) is 0.385. The van der Waals surface area contributed by atoms with Crippen LogP contribution in [0.2, 0.25) is 0 Å². The van der Waals surface area contributed by atoms with Crippen LogP contribution in [0.1, 0.15) is 30.5 Å². The first-order chi connectivity index (χ1) is 7.07. The molecule has 0 amide bonds. The monoisotopic (exact) mass is 204 g/mol. The number of hydrogen-bond donors (Lipinski definition) is 2. The zero-order valence-corrected chi connectivity index (χ0v) is 10.0. The minimum atomic E-state index is 0.854. The van der Waals surface area contributed by atoms with Gasteiger partial charge in [0.25, 0.3) is 0 Å². The van der Waals surface area contributed by atoms with Crippen molar-refractivity contribution in [3.8, 4) is 0 Å². The van der Waals surface area contributed by atoms with E-state index in [1.165, 1.54) is 11.1 Å². The number of rotatable bonds is 3. The van der Waals surface area contributed by atoms with E-state index in [0.29, 0.717) is 0 Å². The zero-order valence-electron chi connectivity index (χ0n) is 10.0. The fourth-order valence-electron chi connectivity index (χ4n) is 1.79. The van der Waals surface area contributed by atoms with Crippen molar-refractivity contribution in [1.29, 1.82) is 0 Å². The van der Waals surface area contributed by atoms with Gasteiger partial charge in [0.2, 0.25) is 0 Å². The van der Waals surface area contributed by atoms with Gasteiger partial charge in [0, 0.05) is 17.8 Å². The van der Waals surface area contributed by atoms with Crippen molar-refractivity contribution in [2.24, 2.45) is 5.73 Å². The molecule has 1 aromatic carbocycles. The maximum absolute atomic E-state index is 6.14. The van der Waals surface area contributed by atoms with E-state index in [1.54, 1.807) is 0 Å². The first-order valence-corrected chi connectivity index (χ1v) is 5.34. The van der Waals surface area contributed by atoms with Crippen LogP contribution in [0.25, 0.3) is 5.70 Å². The third kappa shape index (κ3) is 2.52. The van der Waals surface area contributed by atoms with E-state index in [-0.39, 0.29) is 0 Å². The summed E-state index contributed by atoms with van der Waals surface area (Å²) in [6, 6.07) is 6.24. The van der Waals surface area contributed by atoms with Gasteiger partial charge in [-0.05, 0) is 38.8 Å². The fourth-order valence-corrected chi connectivity index (χ4v) is 1.79. The van der Waals surface area contributed by atoms with E-state index in [4.69, 9.17) is 5.73 Å². The number of nitrogens with one attached hydrogen (secondary N) is 1. The lowest BCUT2D eigenvalue weighted by atomic mass is 9.99. The van der Waals surface area contributed by atoms with Gasteiger partial charge >= 0.3 is 0 Å². The third-order valence-electron chi connectivity index (χ3n) is 2.60. The predicted octanol–water partition coefficient (Wildman–Crippen LogP) is 2.56. The minimum absolute atomic E-state index is 0.854. The van der Waals surface area contributed by atoms with Crippen LogP contribution in [0.15, 0.2) is 23.9 Å². The van der Waals surface area contributed by atoms with Crippen molar-refractivity contribution < 1.29 is 0 Å². The van der Waals surface area contributed by atoms with E-state index in [1.807, 2.05) is 6.92 Å². The van der Waals surface area contributed by atoms with Gasteiger partial charge in [0.05, 0.1) is 5.70 Å². The maximum atomic E-state index is 6.14. The van der Waals surface area contributed by atoms with Crippen molar-refractivity contribution in [3.05, 3.63) is 40.6 Å². The highest BCUT2D eigenvalue weighted by atomic mass is 14.9. The van der Waals surface area contributed by atoms with Gasteiger partial charge in [-0.25, -0.2) is 0 Å². The standard InChI is InChI=1S/C13H20N2/c1-5-15-11(4)13(14)12-9(2)7-6-8-10(12)3/h6-8,15H,5,14H2,1-4H3/b13-11-. The van der Waals surface area contributed by atoms with Crippen LogP contribution in [0.4, 0.5) is 0 Å². The molecule has 2 heteroatoms. The lowest BCUT2D eigenvalue weighted by Gasteiger charge is -2.14. The highest BCUT2D eigenvalue weighted by Gasteiger charge is 2.07. The number of allylic oxidation sites excluding steroid dienone is 1. The molecule has 1 aromatic rings. The normalized spacial score (nSPS) is 12.3. The molecule has 0 saturated heterocycles. The van der Waals surface area contributed by atoms with Crippen LogP contribution >= 0.6 is 0 Å². The van der Waals surface area contributed by atoms with Crippen LogP contribution < -0.4 is 11.1 Å². The van der Waals surface area contributed by atoms with Crippen molar-refractivity contribution >= 4 is 5.70 Å². The van der Waals surface area contributed by atoms with Crippen molar-refractivity contribution in [2.45, 2.75) is 27.7 Å². The van der Waals surface area contributed by atoms with Crippen molar-refractivity contribution in [3.63, 3.8) is 0 Å². The SMILES string of the molecule is CCN/C(C)=C(\N)c1c(C)cccc1C. The molecule has 1 rings (SSSR count). The first kappa shape index (κ1) is 11.6. The Labute approximate surface area is 92.2 Å². The molecule has 0 aliphatic carbocycles. The first-order valence-electron chi connectivity index (χ1n) is 5.34. The molecule has 2 nitrogen and oxygen atoms in total. The summed E-state index contributed by atoms with van der Waals surface area (Å²) in [5.74, 6) is 0. The summed E-state index contributed by atoms with van der Waals surface area (Å²) >= 11 is 0. The average Bonchev–Trinajstić information content (AvgIpc) is 2.17. The second-order valence-electron chi connectivity index (χ2n) is 3.84. The summed E-state index contributed by atoms with van der Waals surface area (Å²) in [4.78, 5) is 0. The largest absolute Gasteiger partial charge is 0.397 e. The molecule has 0 radical (unpaired) electrons. The Balaban J connectivity index is 3.21. The molecule has 0 heterocycles. The van der Waals surface area contributed by atoms with E-state index < -0.39 is 0 Å². The molecule has 0 aliphatic heterocycles. The summed E-state index contributed by atoms with van der Waals surface area (Å²) in [5, 5.41) is 3.25. The highest BCUT2D eigenvalue weighted by molar-refractivity contribution is 5.70. The summed E-state index contributed by atoms with van der Waals surface area (Å²) in [7, 11) is 0. The van der Waals surface area contributed by atoms with Gasteiger partial charge in [-0.3, -0.25) is 0 Å². The smallest absolute Gasteiger partial charge is 0.0582 e. The van der Waals surface area contributed by atoms with E-state index in [9.17, 15) is 0 Å². The Bertz CT molecular complexity index is 358. The Morgan fingerprint density at radius 1 is 1.27 bits per heavy atom. The van der Waals surface area contributed by atoms with Crippen molar-refractivity contribution in [2.75, 3.05) is 6.54 Å². The van der Waals surface area contributed by atoms with Gasteiger partial charge in [0.1, 0.15) is 0 Å². The van der Waals surface area contributed by atoms with Gasteiger partial charge in [-0.2, -0.15) is 0 Å². The van der Waals surface area contributed by atoms with Crippen LogP contribution in [0.3, 0.4) is 0 Å². The molecular weight excluding hydrogens is 184 g/mol. The second kappa shape index (κ2) is 4.87. The molecule has 0 atom stereocenters. The summed E-state index contributed by atoms with van der Waals surface area (Å²) in [6.45, 7) is 9.17. The number of benzene rings is 1. The Morgan fingerprint density at radius 3 is 2.27 bits per heavy atom. The van der Waals surface area contributed by atoms with Crippen LogP contribution in [-0.4, -0.2) is 6.54 Å². The van der Waals surface area contributed by atoms with Crippen LogP contribution in [0.5, 0.6) is 0 Å². The Morgan fingerprint density at radius 2 is 1.80 bits per heavy atom. The second-order valence-corrected chi connectivity index (χ2v) is 3.84. The molecule has 0 saturated carbocycles. The molecule has 82 valence electrons. The quantitative estimate of drug-likeness (QED) is 0.794. The molecule has 0 unspecified atom stereocenters.